The van der Waals surface area contributed by atoms with Gasteiger partial charge in [-0.05, 0) is 39.6 Å². The third-order valence-electron chi connectivity index (χ3n) is 6.14. The Bertz CT molecular complexity index is 1410. The molecular weight excluding hydrogens is 458 g/mol. The maximum Gasteiger partial charge on any atom is 0.294 e. The highest BCUT2D eigenvalue weighted by Gasteiger charge is 2.23. The number of nitrogens with zero attached hydrogens (tertiary/aromatic N) is 5. The highest BCUT2D eigenvalue weighted by Crippen LogP contribution is 2.39. The van der Waals surface area contributed by atoms with Gasteiger partial charge in [0.25, 0.3) is 5.69 Å². The second-order valence-electron chi connectivity index (χ2n) is 9.04. The number of methoxy groups -OCH3 is 1. The van der Waals surface area contributed by atoms with Crippen LogP contribution >= 0.6 is 0 Å². The Kier molecular flexibility index (Phi) is 7.07. The molecule has 2 heterocycles. The number of hydrogen-bond acceptors (Lipinski definition) is 8. The van der Waals surface area contributed by atoms with E-state index in [0.29, 0.717) is 29.6 Å². The van der Waals surface area contributed by atoms with Crippen molar-refractivity contribution in [3.63, 3.8) is 0 Å². The van der Waals surface area contributed by atoms with Crippen LogP contribution in [0.2, 0.25) is 0 Å². The predicted octanol–water partition coefficient (Wildman–Crippen LogP) is 4.90. The molecule has 0 bridgehead atoms. The molecule has 4 aromatic rings. The van der Waals surface area contributed by atoms with Gasteiger partial charge in [-0.15, -0.1) is 0 Å². The fourth-order valence-corrected chi connectivity index (χ4v) is 4.20. The topological polar surface area (TPSA) is 112 Å². The highest BCUT2D eigenvalue weighted by molar-refractivity contribution is 5.97. The van der Waals surface area contributed by atoms with E-state index in [4.69, 9.17) is 9.72 Å². The minimum atomic E-state index is -0.386. The van der Waals surface area contributed by atoms with Gasteiger partial charge in [-0.1, -0.05) is 18.2 Å². The van der Waals surface area contributed by atoms with E-state index in [0.717, 1.165) is 40.0 Å². The fraction of sp³-hybridized carbons (Fsp3) is 0.308. The minimum Gasteiger partial charge on any atom is -0.494 e. The van der Waals surface area contributed by atoms with Crippen LogP contribution in [0.5, 0.6) is 5.75 Å². The molecule has 188 valence electrons. The van der Waals surface area contributed by atoms with Crippen molar-refractivity contribution in [1.82, 2.24) is 19.9 Å². The fourth-order valence-electron chi connectivity index (χ4n) is 4.20. The van der Waals surface area contributed by atoms with Gasteiger partial charge >= 0.3 is 0 Å². The zero-order chi connectivity index (χ0) is 26.0. The van der Waals surface area contributed by atoms with Crippen molar-refractivity contribution >= 4 is 33.9 Å². The first-order valence-electron chi connectivity index (χ1n) is 11.6. The normalized spacial score (nSPS) is 11.2. The van der Waals surface area contributed by atoms with Crippen LogP contribution in [0, 0.1) is 24.0 Å². The van der Waals surface area contributed by atoms with Gasteiger partial charge in [-0.2, -0.15) is 0 Å². The van der Waals surface area contributed by atoms with Crippen LogP contribution < -0.4 is 15.0 Å². The minimum absolute atomic E-state index is 0.0284. The van der Waals surface area contributed by atoms with E-state index in [1.54, 1.807) is 12.3 Å². The van der Waals surface area contributed by atoms with E-state index < -0.39 is 0 Å². The number of aromatic amines is 1. The van der Waals surface area contributed by atoms with Crippen molar-refractivity contribution in [3.8, 4) is 17.0 Å². The SMILES string of the molecule is COc1cc(N(C)CCN(C)C)c([N+](=O)[O-])cc1Nc1ncc(C)c(-c2c(C)[nH]c3ccccc23)n1. The number of rotatable bonds is 9. The summed E-state index contributed by atoms with van der Waals surface area (Å²) in [6, 6.07) is 11.2. The van der Waals surface area contributed by atoms with Gasteiger partial charge in [-0.25, -0.2) is 9.97 Å². The van der Waals surface area contributed by atoms with Crippen molar-refractivity contribution in [2.24, 2.45) is 0 Å². The summed E-state index contributed by atoms with van der Waals surface area (Å²) in [5, 5.41) is 16.2. The first-order valence-corrected chi connectivity index (χ1v) is 11.6. The summed E-state index contributed by atoms with van der Waals surface area (Å²) in [6.45, 7) is 5.35. The lowest BCUT2D eigenvalue weighted by Gasteiger charge is -2.22. The van der Waals surface area contributed by atoms with Crippen LogP contribution in [-0.4, -0.2) is 66.1 Å². The summed E-state index contributed by atoms with van der Waals surface area (Å²) < 4.78 is 5.59. The van der Waals surface area contributed by atoms with Crippen LogP contribution in [0.15, 0.2) is 42.6 Å². The Morgan fingerprint density at radius 3 is 2.58 bits per heavy atom. The molecule has 10 heteroatoms. The maximum atomic E-state index is 11.9. The molecule has 2 aromatic carbocycles. The molecule has 0 spiro atoms. The van der Waals surface area contributed by atoms with Gasteiger partial charge in [-0.3, -0.25) is 10.1 Å². The Morgan fingerprint density at radius 1 is 1.14 bits per heavy atom. The average Bonchev–Trinajstić information content (AvgIpc) is 3.18. The third kappa shape index (κ3) is 4.94. The molecule has 0 radical (unpaired) electrons. The van der Waals surface area contributed by atoms with Crippen LogP contribution in [0.4, 0.5) is 23.0 Å². The molecule has 0 atom stereocenters. The highest BCUT2D eigenvalue weighted by atomic mass is 16.6. The number of nitrogens with one attached hydrogen (secondary N) is 2. The first kappa shape index (κ1) is 24.9. The van der Waals surface area contributed by atoms with Crippen molar-refractivity contribution in [1.29, 1.82) is 0 Å². The Balaban J connectivity index is 1.74. The number of ether oxygens (including phenoxy) is 1. The first-order chi connectivity index (χ1) is 17.2. The summed E-state index contributed by atoms with van der Waals surface area (Å²) in [6.07, 6.45) is 1.75. The number of aromatic nitrogens is 3. The smallest absolute Gasteiger partial charge is 0.294 e. The van der Waals surface area contributed by atoms with Crippen molar-refractivity contribution in [2.75, 3.05) is 51.6 Å². The van der Waals surface area contributed by atoms with Gasteiger partial charge in [0.1, 0.15) is 11.4 Å². The van der Waals surface area contributed by atoms with Crippen LogP contribution in [-0.2, 0) is 0 Å². The number of likely N-dealkylation sites (N-methyl/N-ethyl adjacent to an activating group) is 2. The van der Waals surface area contributed by atoms with E-state index in [-0.39, 0.29) is 10.6 Å². The lowest BCUT2D eigenvalue weighted by Crippen LogP contribution is -2.28. The Hall–Kier alpha value is -4.18. The average molecular weight is 490 g/mol. The number of fused-ring (bicyclic) bond motifs is 1. The number of hydrogen-bond donors (Lipinski definition) is 2. The van der Waals surface area contributed by atoms with E-state index in [1.165, 1.54) is 13.2 Å². The zero-order valence-electron chi connectivity index (χ0n) is 21.4. The molecule has 0 aliphatic heterocycles. The van der Waals surface area contributed by atoms with Gasteiger partial charge in [0.15, 0.2) is 0 Å². The second-order valence-corrected chi connectivity index (χ2v) is 9.04. The largest absolute Gasteiger partial charge is 0.494 e. The van der Waals surface area contributed by atoms with Gasteiger partial charge in [0.2, 0.25) is 5.95 Å². The van der Waals surface area contributed by atoms with Crippen LogP contribution in [0.25, 0.3) is 22.2 Å². The summed E-state index contributed by atoms with van der Waals surface area (Å²) in [7, 11) is 7.29. The molecule has 0 aliphatic carbocycles. The predicted molar refractivity (Wildman–Crippen MR) is 144 cm³/mol. The van der Waals surface area contributed by atoms with E-state index in [9.17, 15) is 10.1 Å². The van der Waals surface area contributed by atoms with Gasteiger partial charge < -0.3 is 24.8 Å². The number of aryl methyl sites for hydroxylation is 2. The van der Waals surface area contributed by atoms with Crippen LogP contribution in [0.1, 0.15) is 11.3 Å². The number of nitro benzene ring substituents is 1. The number of benzene rings is 2. The molecule has 0 saturated carbocycles. The monoisotopic (exact) mass is 489 g/mol. The molecule has 0 unspecified atom stereocenters. The number of nitro groups is 1. The summed E-state index contributed by atoms with van der Waals surface area (Å²) in [4.78, 5) is 28.1. The molecule has 4 rings (SSSR count). The molecule has 36 heavy (non-hydrogen) atoms. The summed E-state index contributed by atoms with van der Waals surface area (Å²) in [5.41, 5.74) is 5.61. The number of anilines is 3. The van der Waals surface area contributed by atoms with Crippen molar-refractivity contribution in [3.05, 3.63) is 64.0 Å². The van der Waals surface area contributed by atoms with E-state index >= 15 is 0 Å². The third-order valence-corrected chi connectivity index (χ3v) is 6.14. The maximum absolute atomic E-state index is 11.9. The summed E-state index contributed by atoms with van der Waals surface area (Å²) >= 11 is 0. The molecule has 2 N–H and O–H groups in total. The molecule has 10 nitrogen and oxygen atoms in total. The summed E-state index contributed by atoms with van der Waals surface area (Å²) in [5.74, 6) is 0.780. The standard InChI is InChI=1S/C26H31N7O3/c1-16-15-27-26(30-25(16)24-17(2)28-19-10-8-7-9-18(19)24)29-20-13-22(33(34)35)21(14-23(20)36-6)32(5)12-11-31(3)4/h7-10,13-15,28H,11-12H2,1-6H3,(H,27,29,30). The molecule has 0 aliphatic rings. The molecular formula is C26H31N7O3. The second kappa shape index (κ2) is 10.2. The molecule has 0 amide bonds. The number of para-hydroxylation sites is 1. The Morgan fingerprint density at radius 2 is 1.89 bits per heavy atom. The lowest BCUT2D eigenvalue weighted by atomic mass is 10.0. The van der Waals surface area contributed by atoms with E-state index in [1.807, 2.05) is 63.0 Å². The van der Waals surface area contributed by atoms with Crippen molar-refractivity contribution in [2.45, 2.75) is 13.8 Å². The van der Waals surface area contributed by atoms with Crippen molar-refractivity contribution < 1.29 is 9.66 Å². The van der Waals surface area contributed by atoms with Crippen LogP contribution in [0.3, 0.4) is 0 Å². The Labute approximate surface area is 210 Å². The molecule has 2 aromatic heterocycles. The molecule has 0 saturated heterocycles. The van der Waals surface area contributed by atoms with Gasteiger partial charge in [0.05, 0.1) is 23.4 Å². The van der Waals surface area contributed by atoms with E-state index in [2.05, 4.69) is 21.4 Å². The molecule has 0 fully saturated rings. The van der Waals surface area contributed by atoms with Gasteiger partial charge in [0, 0.05) is 60.6 Å². The quantitative estimate of drug-likeness (QED) is 0.252. The lowest BCUT2D eigenvalue weighted by molar-refractivity contribution is -0.384. The zero-order valence-corrected chi connectivity index (χ0v) is 21.4. The number of H-pyrrole nitrogens is 1.